The predicted octanol–water partition coefficient (Wildman–Crippen LogP) is 3.44. The smallest absolute Gasteiger partial charge is 0.237 e. The summed E-state index contributed by atoms with van der Waals surface area (Å²) in [5.74, 6) is 2.80. The fourth-order valence-corrected chi connectivity index (χ4v) is 2.50. The molecule has 1 aromatic carbocycles. The van der Waals surface area contributed by atoms with E-state index in [1.54, 1.807) is 18.7 Å². The Labute approximate surface area is 115 Å². The Hall–Kier alpha value is -1.62. The number of ketones is 1. The van der Waals surface area contributed by atoms with E-state index in [-0.39, 0.29) is 5.78 Å². The molecule has 1 aliphatic rings. The van der Waals surface area contributed by atoms with Crippen LogP contribution in [0.2, 0.25) is 0 Å². The first kappa shape index (κ1) is 12.4. The van der Waals surface area contributed by atoms with E-state index in [2.05, 4.69) is 10.1 Å². The maximum absolute atomic E-state index is 11.2. The van der Waals surface area contributed by atoms with Gasteiger partial charge < -0.3 is 4.52 Å². The maximum Gasteiger partial charge on any atom is 0.237 e. The first-order valence-electron chi connectivity index (χ1n) is 6.28. The molecule has 0 N–H and O–H groups in total. The number of rotatable bonds is 5. The highest BCUT2D eigenvalue weighted by Gasteiger charge is 2.28. The van der Waals surface area contributed by atoms with Gasteiger partial charge in [-0.15, -0.1) is 11.8 Å². The second-order valence-electron chi connectivity index (χ2n) is 4.69. The number of nitrogens with zero attached hydrogens (tertiary/aromatic N) is 2. The van der Waals surface area contributed by atoms with E-state index in [0.29, 0.717) is 17.6 Å². The van der Waals surface area contributed by atoms with Crippen LogP contribution < -0.4 is 0 Å². The number of carbonyl (C=O) groups is 1. The van der Waals surface area contributed by atoms with Gasteiger partial charge in [-0.25, -0.2) is 0 Å². The highest BCUT2D eigenvalue weighted by Crippen LogP contribution is 2.38. The van der Waals surface area contributed by atoms with E-state index in [1.165, 1.54) is 12.8 Å². The van der Waals surface area contributed by atoms with Gasteiger partial charge in [0, 0.05) is 16.4 Å². The number of Topliss-reactive ketones (excluding diaryl/α,β-unsaturated/α-hetero) is 1. The molecule has 0 aliphatic heterocycles. The highest BCUT2D eigenvalue weighted by atomic mass is 32.2. The number of hydrogen-bond donors (Lipinski definition) is 0. The lowest BCUT2D eigenvalue weighted by Gasteiger charge is -1.99. The Balaban J connectivity index is 1.59. The van der Waals surface area contributed by atoms with Gasteiger partial charge in [0.1, 0.15) is 0 Å². The number of hydrogen-bond acceptors (Lipinski definition) is 5. The topological polar surface area (TPSA) is 56.0 Å². The summed E-state index contributed by atoms with van der Waals surface area (Å²) in [4.78, 5) is 16.6. The van der Waals surface area contributed by atoms with Gasteiger partial charge in [0.2, 0.25) is 5.89 Å². The average Bonchev–Trinajstić information content (AvgIpc) is 3.16. The first-order valence-corrected chi connectivity index (χ1v) is 7.27. The third-order valence-electron chi connectivity index (χ3n) is 3.05. The summed E-state index contributed by atoms with van der Waals surface area (Å²) < 4.78 is 5.21. The molecule has 0 unspecified atom stereocenters. The van der Waals surface area contributed by atoms with Crippen molar-refractivity contribution in [1.29, 1.82) is 0 Å². The van der Waals surface area contributed by atoms with E-state index >= 15 is 0 Å². The Morgan fingerprint density at radius 2 is 2.11 bits per heavy atom. The summed E-state index contributed by atoms with van der Waals surface area (Å²) in [5.41, 5.74) is 0.734. The molecule has 98 valence electrons. The molecule has 0 amide bonds. The van der Waals surface area contributed by atoms with Crippen LogP contribution in [0.15, 0.2) is 33.7 Å². The molecule has 0 atom stereocenters. The monoisotopic (exact) mass is 274 g/mol. The van der Waals surface area contributed by atoms with Gasteiger partial charge in [0.15, 0.2) is 11.6 Å². The van der Waals surface area contributed by atoms with E-state index < -0.39 is 0 Å². The van der Waals surface area contributed by atoms with E-state index in [1.807, 2.05) is 24.3 Å². The number of aromatic nitrogens is 2. The van der Waals surface area contributed by atoms with Crippen LogP contribution in [0, 0.1) is 0 Å². The molecule has 0 spiro atoms. The van der Waals surface area contributed by atoms with Crippen molar-refractivity contribution in [2.24, 2.45) is 0 Å². The normalized spacial score (nSPS) is 14.6. The van der Waals surface area contributed by atoms with Gasteiger partial charge in [-0.05, 0) is 31.9 Å². The zero-order valence-corrected chi connectivity index (χ0v) is 11.4. The fourth-order valence-electron chi connectivity index (χ4n) is 1.76. The van der Waals surface area contributed by atoms with E-state index in [9.17, 15) is 4.79 Å². The zero-order valence-electron chi connectivity index (χ0n) is 10.6. The average molecular weight is 274 g/mol. The van der Waals surface area contributed by atoms with Crippen LogP contribution in [0.25, 0.3) is 0 Å². The molecule has 1 saturated carbocycles. The summed E-state index contributed by atoms with van der Waals surface area (Å²) in [6.45, 7) is 1.57. The van der Waals surface area contributed by atoms with Crippen LogP contribution in [0.3, 0.4) is 0 Å². The largest absolute Gasteiger partial charge is 0.338 e. The van der Waals surface area contributed by atoms with Gasteiger partial charge in [0.25, 0.3) is 0 Å². The summed E-state index contributed by atoms with van der Waals surface area (Å²) in [5, 5.41) is 3.98. The molecule has 0 bridgehead atoms. The van der Waals surface area contributed by atoms with Crippen LogP contribution in [-0.2, 0) is 5.75 Å². The van der Waals surface area contributed by atoms with Crippen molar-refractivity contribution in [3.05, 3.63) is 41.5 Å². The van der Waals surface area contributed by atoms with Gasteiger partial charge in [-0.3, -0.25) is 4.79 Å². The second-order valence-corrected chi connectivity index (χ2v) is 5.74. The SMILES string of the molecule is CC(=O)c1ccc(SCc2nc(C3CC3)no2)cc1. The summed E-state index contributed by atoms with van der Waals surface area (Å²) in [6, 6.07) is 7.57. The van der Waals surface area contributed by atoms with Crippen molar-refractivity contribution in [1.82, 2.24) is 10.1 Å². The van der Waals surface area contributed by atoms with Gasteiger partial charge >= 0.3 is 0 Å². The van der Waals surface area contributed by atoms with Crippen molar-refractivity contribution >= 4 is 17.5 Å². The lowest BCUT2D eigenvalue weighted by molar-refractivity contribution is 0.101. The quantitative estimate of drug-likeness (QED) is 0.617. The van der Waals surface area contributed by atoms with Gasteiger partial charge in [-0.2, -0.15) is 4.98 Å². The molecule has 0 saturated heterocycles. The number of thioether (sulfide) groups is 1. The molecular formula is C14H14N2O2S. The molecule has 5 heteroatoms. The Kier molecular flexibility index (Phi) is 3.38. The molecule has 4 nitrogen and oxygen atoms in total. The van der Waals surface area contributed by atoms with E-state index in [0.717, 1.165) is 16.3 Å². The van der Waals surface area contributed by atoms with Crippen LogP contribution in [0.1, 0.15) is 47.8 Å². The molecular weight excluding hydrogens is 260 g/mol. The van der Waals surface area contributed by atoms with Crippen molar-refractivity contribution in [2.75, 3.05) is 0 Å². The second kappa shape index (κ2) is 5.17. The van der Waals surface area contributed by atoms with Crippen LogP contribution in [-0.4, -0.2) is 15.9 Å². The Morgan fingerprint density at radius 1 is 1.37 bits per heavy atom. The van der Waals surface area contributed by atoms with E-state index in [4.69, 9.17) is 4.52 Å². The highest BCUT2D eigenvalue weighted by molar-refractivity contribution is 7.98. The van der Waals surface area contributed by atoms with Crippen LogP contribution in [0.4, 0.5) is 0 Å². The van der Waals surface area contributed by atoms with Crippen molar-refractivity contribution in [2.45, 2.75) is 36.3 Å². The van der Waals surface area contributed by atoms with Gasteiger partial charge in [-0.1, -0.05) is 17.3 Å². The summed E-state index contributed by atoms with van der Waals surface area (Å²) in [6.07, 6.45) is 2.36. The number of carbonyl (C=O) groups excluding carboxylic acids is 1. The van der Waals surface area contributed by atoms with Crippen molar-refractivity contribution < 1.29 is 9.32 Å². The molecule has 1 aliphatic carbocycles. The number of benzene rings is 1. The first-order chi connectivity index (χ1) is 9.22. The lowest BCUT2D eigenvalue weighted by atomic mass is 10.2. The molecule has 19 heavy (non-hydrogen) atoms. The Bertz CT molecular complexity index is 588. The fraction of sp³-hybridized carbons (Fsp3) is 0.357. The Morgan fingerprint density at radius 3 is 2.74 bits per heavy atom. The molecule has 1 aromatic heterocycles. The maximum atomic E-state index is 11.2. The molecule has 3 rings (SSSR count). The minimum absolute atomic E-state index is 0.0857. The van der Waals surface area contributed by atoms with Crippen molar-refractivity contribution in [3.63, 3.8) is 0 Å². The minimum atomic E-state index is 0.0857. The summed E-state index contributed by atoms with van der Waals surface area (Å²) in [7, 11) is 0. The van der Waals surface area contributed by atoms with Crippen LogP contribution >= 0.6 is 11.8 Å². The standard InChI is InChI=1S/C14H14N2O2S/c1-9(17)10-4-6-12(7-5-10)19-8-13-15-14(16-18-13)11-2-3-11/h4-7,11H,2-3,8H2,1H3. The van der Waals surface area contributed by atoms with Crippen molar-refractivity contribution in [3.8, 4) is 0 Å². The zero-order chi connectivity index (χ0) is 13.2. The third-order valence-corrected chi connectivity index (χ3v) is 4.05. The summed E-state index contributed by atoms with van der Waals surface area (Å²) >= 11 is 1.63. The molecule has 1 fully saturated rings. The molecule has 1 heterocycles. The lowest BCUT2D eigenvalue weighted by Crippen LogP contribution is -1.90. The van der Waals surface area contributed by atoms with Crippen LogP contribution in [0.5, 0.6) is 0 Å². The predicted molar refractivity (Wildman–Crippen MR) is 72.3 cm³/mol. The minimum Gasteiger partial charge on any atom is -0.338 e. The molecule has 2 aromatic rings. The third kappa shape index (κ3) is 3.04. The van der Waals surface area contributed by atoms with Gasteiger partial charge in [0.05, 0.1) is 5.75 Å². The molecule has 0 radical (unpaired) electrons.